The molecular weight excluding hydrogens is 447 g/mol. The van der Waals surface area contributed by atoms with Crippen LogP contribution >= 0.6 is 0 Å². The van der Waals surface area contributed by atoms with Crippen LogP contribution in [0, 0.1) is 0 Å². The van der Waals surface area contributed by atoms with Crippen LogP contribution in [-0.4, -0.2) is 8.07 Å². The van der Waals surface area contributed by atoms with Crippen LogP contribution in [0.5, 0.6) is 0 Å². The fourth-order valence-corrected chi connectivity index (χ4v) is 9.12. The topological polar surface area (TPSA) is 0 Å². The Labute approximate surface area is 193 Å². The third-order valence-corrected chi connectivity index (χ3v) is 11.4. The van der Waals surface area contributed by atoms with Crippen LogP contribution in [0.1, 0.15) is 23.6 Å². The van der Waals surface area contributed by atoms with E-state index in [4.69, 9.17) is 0 Å². The van der Waals surface area contributed by atoms with Crippen LogP contribution < -0.4 is 46.3 Å². The summed E-state index contributed by atoms with van der Waals surface area (Å²) in [5, 5.41) is 1.57. The molecule has 138 valence electrons. The molecule has 27 heavy (non-hydrogen) atoms. The fourth-order valence-electron chi connectivity index (χ4n) is 4.32. The summed E-state index contributed by atoms with van der Waals surface area (Å²) in [6.45, 7) is 4.96. The Hall–Kier alpha value is -0.539. The van der Waals surface area contributed by atoms with E-state index in [1.54, 1.807) is 16.3 Å². The van der Waals surface area contributed by atoms with E-state index in [0.29, 0.717) is 5.54 Å². The average molecular weight is 468 g/mol. The summed E-state index contributed by atoms with van der Waals surface area (Å²) >= 11 is 2.28. The number of hydrogen-bond donors (Lipinski definition) is 0. The molecule has 0 nitrogen and oxygen atoms in total. The molecule has 2 atom stereocenters. The van der Waals surface area contributed by atoms with Crippen molar-refractivity contribution < 1.29 is 57.7 Å². The van der Waals surface area contributed by atoms with Gasteiger partial charge in [-0.1, -0.05) is 0 Å². The molecule has 3 aromatic carbocycles. The van der Waals surface area contributed by atoms with Crippen LogP contribution in [0.25, 0.3) is 11.1 Å². The van der Waals surface area contributed by atoms with Gasteiger partial charge in [-0.2, -0.15) is 0 Å². The first-order chi connectivity index (χ1) is 11.7. The van der Waals surface area contributed by atoms with Gasteiger partial charge < -0.3 is 37.2 Å². The molecule has 1 aliphatic rings. The van der Waals surface area contributed by atoms with E-state index in [-0.39, 0.29) is 37.2 Å². The molecule has 0 aliphatic heterocycles. The first-order valence-electron chi connectivity index (χ1n) is 8.66. The Morgan fingerprint density at radius 2 is 1.37 bits per heavy atom. The molecule has 0 N–H and O–H groups in total. The van der Waals surface area contributed by atoms with Crippen LogP contribution in [0.4, 0.5) is 0 Å². The maximum atomic E-state index is 2.57. The summed E-state index contributed by atoms with van der Waals surface area (Å²) in [6, 6.07) is 28.4. The van der Waals surface area contributed by atoms with Crippen molar-refractivity contribution in [3.63, 3.8) is 0 Å². The largest absolute Gasteiger partial charge is 1.00 e. The van der Waals surface area contributed by atoms with Gasteiger partial charge in [0.05, 0.1) is 0 Å². The van der Waals surface area contributed by atoms with Crippen molar-refractivity contribution in [2.24, 2.45) is 0 Å². The standard InChI is InChI=1S/C22H21Si.3ClH.Ti/c1-3-23(2,17-11-5-4-6-12-17)22-20-15-9-7-13-18(20)19-14-8-10-16-21(19)22;;;;/h4-15,22H,3H2,1-2H3;3*1H;/q;;;;+3/p-3. The summed E-state index contributed by atoms with van der Waals surface area (Å²) < 4.78 is 1.44. The van der Waals surface area contributed by atoms with E-state index in [1.807, 2.05) is 0 Å². The van der Waals surface area contributed by atoms with Crippen molar-refractivity contribution >= 4 is 17.1 Å². The second-order valence-corrected chi connectivity index (χ2v) is 12.5. The van der Waals surface area contributed by atoms with Gasteiger partial charge >= 0.3 is 158 Å². The van der Waals surface area contributed by atoms with Crippen molar-refractivity contribution in [3.8, 4) is 11.1 Å². The van der Waals surface area contributed by atoms with Gasteiger partial charge in [-0.15, -0.1) is 0 Å². The van der Waals surface area contributed by atoms with Gasteiger partial charge in [-0.25, -0.2) is 0 Å². The van der Waals surface area contributed by atoms with Gasteiger partial charge in [-0.3, -0.25) is 0 Å². The van der Waals surface area contributed by atoms with E-state index in [1.165, 1.54) is 21.0 Å². The van der Waals surface area contributed by atoms with Gasteiger partial charge in [0.1, 0.15) is 0 Å². The summed E-state index contributed by atoms with van der Waals surface area (Å²) in [5.74, 6) is 0. The quantitative estimate of drug-likeness (QED) is 0.341. The molecule has 0 amide bonds. The third kappa shape index (κ3) is 3.96. The van der Waals surface area contributed by atoms with E-state index in [0.717, 1.165) is 0 Å². The molecule has 0 saturated heterocycles. The van der Waals surface area contributed by atoms with Crippen LogP contribution in [0.3, 0.4) is 0 Å². The van der Waals surface area contributed by atoms with Gasteiger partial charge in [-0.05, 0) is 0 Å². The molecule has 4 rings (SSSR count). The Bertz CT molecular complexity index is 901. The third-order valence-electron chi connectivity index (χ3n) is 5.76. The van der Waals surface area contributed by atoms with Crippen molar-refractivity contribution in [2.75, 3.05) is 0 Å². The van der Waals surface area contributed by atoms with Crippen molar-refractivity contribution in [2.45, 2.75) is 25.1 Å². The Kier molecular flexibility index (Phi) is 8.88. The smallest absolute Gasteiger partial charge is 1.00 e. The van der Waals surface area contributed by atoms with Crippen molar-refractivity contribution in [1.29, 1.82) is 0 Å². The van der Waals surface area contributed by atoms with Gasteiger partial charge in [0, 0.05) is 0 Å². The summed E-state index contributed by atoms with van der Waals surface area (Å²) in [6.07, 6.45) is 0. The molecule has 3 aromatic rings. The molecule has 0 aromatic heterocycles. The second kappa shape index (κ2) is 9.78. The Morgan fingerprint density at radius 3 is 2.04 bits per heavy atom. The zero-order valence-corrected chi connectivity index (χ0v) is 20.2. The predicted octanol–water partition coefficient (Wildman–Crippen LogP) is -4.47. The summed E-state index contributed by atoms with van der Waals surface area (Å²) in [5.41, 5.74) is 6.58. The SMILES string of the molecule is CC[Si](C)(c1ccccc1)C1c2ccccc2-c2ccc[c]([Ti+3])c21.[Cl-].[Cl-].[Cl-]. The van der Waals surface area contributed by atoms with E-state index in [2.05, 4.69) is 107 Å². The number of fused-ring (bicyclic) bond motifs is 3. The number of hydrogen-bond acceptors (Lipinski definition) is 0. The van der Waals surface area contributed by atoms with E-state index < -0.39 is 8.07 Å². The maximum absolute atomic E-state index is 2.57. The minimum atomic E-state index is -1.70. The maximum Gasteiger partial charge on any atom is -1.00 e. The molecule has 2 unspecified atom stereocenters. The molecule has 5 heteroatoms. The van der Waals surface area contributed by atoms with Crippen molar-refractivity contribution in [3.05, 3.63) is 83.9 Å². The number of rotatable bonds is 3. The molecule has 0 radical (unpaired) electrons. The first-order valence-corrected chi connectivity index (χ1v) is 12.2. The van der Waals surface area contributed by atoms with Crippen molar-refractivity contribution in [1.82, 2.24) is 0 Å². The van der Waals surface area contributed by atoms with Gasteiger partial charge in [0.15, 0.2) is 0 Å². The molecule has 0 spiro atoms. The fraction of sp³-hybridized carbons (Fsp3) is 0.182. The average Bonchev–Trinajstić information content (AvgIpc) is 2.98. The Balaban J connectivity index is 0.00000121. The summed E-state index contributed by atoms with van der Waals surface area (Å²) in [7, 11) is -1.70. The van der Waals surface area contributed by atoms with E-state index >= 15 is 0 Å². The van der Waals surface area contributed by atoms with Crippen LogP contribution in [0.15, 0.2) is 72.8 Å². The van der Waals surface area contributed by atoms with Crippen LogP contribution in [-0.2, 0) is 20.4 Å². The summed E-state index contributed by atoms with van der Waals surface area (Å²) in [4.78, 5) is 0. The molecule has 0 saturated carbocycles. The Morgan fingerprint density at radius 1 is 0.778 bits per heavy atom. The van der Waals surface area contributed by atoms with Gasteiger partial charge in [0.25, 0.3) is 0 Å². The zero-order chi connectivity index (χ0) is 16.7. The van der Waals surface area contributed by atoms with Gasteiger partial charge in [0.2, 0.25) is 0 Å². The normalized spacial score (nSPS) is 15.9. The second-order valence-electron chi connectivity index (χ2n) is 6.92. The monoisotopic (exact) mass is 466 g/mol. The molecular formula is C22H21Cl3SiTi. The molecule has 0 bridgehead atoms. The molecule has 1 aliphatic carbocycles. The molecule has 0 heterocycles. The number of benzene rings is 3. The minimum Gasteiger partial charge on any atom is -1.00 e. The van der Waals surface area contributed by atoms with E-state index in [9.17, 15) is 0 Å². The van der Waals surface area contributed by atoms with Crippen LogP contribution in [0.2, 0.25) is 12.6 Å². The zero-order valence-electron chi connectivity index (χ0n) is 15.3. The molecule has 0 fully saturated rings. The first kappa shape index (κ1) is 24.5. The number of halogens is 3. The predicted molar refractivity (Wildman–Crippen MR) is 102 cm³/mol. The minimum absolute atomic E-state index is 0.